The quantitative estimate of drug-likeness (QED) is 0.354. The zero-order chi connectivity index (χ0) is 17.6. The van der Waals surface area contributed by atoms with Crippen LogP contribution >= 0.6 is 11.6 Å². The van der Waals surface area contributed by atoms with Crippen LogP contribution in [-0.4, -0.2) is 29.4 Å². The number of aromatic nitrogens is 1. The zero-order valence-corrected chi connectivity index (χ0v) is 12.6. The summed E-state index contributed by atoms with van der Waals surface area (Å²) in [6, 6.07) is 0.894. The molecular weight excluding hydrogens is 342 g/mol. The van der Waals surface area contributed by atoms with E-state index in [4.69, 9.17) is 17.0 Å². The Hall–Kier alpha value is -2.16. The molecule has 0 aromatic carbocycles. The molecule has 0 saturated heterocycles. The van der Waals surface area contributed by atoms with Crippen LogP contribution in [0.1, 0.15) is 13.3 Å². The number of carbonyl (C=O) groups excluding carboxylic acids is 1. The average Bonchev–Trinajstić information content (AvgIpc) is 2.42. The fraction of sp³-hybridized carbons (Fsp3) is 0.308. The monoisotopic (exact) mass is 353 g/mol. The van der Waals surface area contributed by atoms with Gasteiger partial charge < -0.3 is 10.1 Å². The summed E-state index contributed by atoms with van der Waals surface area (Å²) in [7, 11) is 0. The number of allylic oxidation sites excluding steroid dienone is 1. The Balaban J connectivity index is 3.03. The highest BCUT2D eigenvalue weighted by Gasteiger charge is 2.33. The molecule has 10 heteroatoms. The van der Waals surface area contributed by atoms with Crippen LogP contribution in [0.3, 0.4) is 0 Å². The highest BCUT2D eigenvalue weighted by Crippen LogP contribution is 2.21. The molecule has 1 aromatic rings. The number of halogens is 5. The van der Waals surface area contributed by atoms with Gasteiger partial charge in [-0.25, -0.2) is 9.37 Å². The van der Waals surface area contributed by atoms with Crippen molar-refractivity contribution in [3.05, 3.63) is 35.0 Å². The van der Waals surface area contributed by atoms with E-state index in [2.05, 4.69) is 15.0 Å². The van der Waals surface area contributed by atoms with Crippen molar-refractivity contribution >= 4 is 29.0 Å². The first-order chi connectivity index (χ1) is 10.6. The molecular formula is C13H12ClF4N3O2. The molecule has 0 bridgehead atoms. The predicted molar refractivity (Wildman–Crippen MR) is 75.9 cm³/mol. The van der Waals surface area contributed by atoms with E-state index >= 15 is 0 Å². The molecule has 0 saturated carbocycles. The first-order valence-electron chi connectivity index (χ1n) is 6.23. The van der Waals surface area contributed by atoms with E-state index in [1.807, 2.05) is 0 Å². The van der Waals surface area contributed by atoms with Crippen LogP contribution in [0.2, 0.25) is 5.15 Å². The average molecular weight is 354 g/mol. The Morgan fingerprint density at radius 2 is 2.17 bits per heavy atom. The van der Waals surface area contributed by atoms with E-state index in [1.54, 1.807) is 0 Å². The normalized spacial score (nSPS) is 12.0. The van der Waals surface area contributed by atoms with Gasteiger partial charge in [0.25, 0.3) is 0 Å². The number of hydrogen-bond acceptors (Lipinski definition) is 5. The van der Waals surface area contributed by atoms with Gasteiger partial charge in [0.1, 0.15) is 5.71 Å². The van der Waals surface area contributed by atoms with Gasteiger partial charge >= 0.3 is 12.1 Å². The van der Waals surface area contributed by atoms with Gasteiger partial charge in [-0.3, -0.25) is 10.2 Å². The Bertz CT molecular complexity index is 632. The molecule has 2 N–H and O–H groups in total. The molecule has 0 aliphatic carbocycles. The zero-order valence-electron chi connectivity index (χ0n) is 11.8. The van der Waals surface area contributed by atoms with Gasteiger partial charge in [-0.15, -0.1) is 0 Å². The summed E-state index contributed by atoms with van der Waals surface area (Å²) < 4.78 is 55.3. The maximum atomic E-state index is 13.3. The van der Waals surface area contributed by atoms with Crippen molar-refractivity contribution in [3.8, 4) is 0 Å². The number of pyridine rings is 1. The van der Waals surface area contributed by atoms with Crippen LogP contribution in [0.25, 0.3) is 0 Å². The molecule has 1 rings (SSSR count). The maximum absolute atomic E-state index is 13.3. The summed E-state index contributed by atoms with van der Waals surface area (Å²) in [5.74, 6) is -1.69. The van der Waals surface area contributed by atoms with Crippen molar-refractivity contribution in [2.75, 3.05) is 11.9 Å². The Morgan fingerprint density at radius 3 is 2.70 bits per heavy atom. The van der Waals surface area contributed by atoms with E-state index in [-0.39, 0.29) is 18.0 Å². The Labute approximate surface area is 133 Å². The summed E-state index contributed by atoms with van der Waals surface area (Å²) in [4.78, 5) is 14.9. The first-order valence-corrected chi connectivity index (χ1v) is 6.61. The summed E-state index contributed by atoms with van der Waals surface area (Å²) in [6.45, 7) is 1.57. The lowest BCUT2D eigenvalue weighted by molar-refractivity contribution is -0.142. The number of anilines is 1. The highest BCUT2D eigenvalue weighted by molar-refractivity contribution is 6.29. The van der Waals surface area contributed by atoms with Crippen LogP contribution in [-0.2, 0) is 9.53 Å². The fourth-order valence-corrected chi connectivity index (χ4v) is 1.53. The highest BCUT2D eigenvalue weighted by atomic mass is 35.5. The van der Waals surface area contributed by atoms with Crippen LogP contribution in [0.4, 0.5) is 23.2 Å². The van der Waals surface area contributed by atoms with E-state index < -0.39 is 35.2 Å². The molecule has 23 heavy (non-hydrogen) atoms. The molecule has 0 radical (unpaired) electrons. The van der Waals surface area contributed by atoms with Crippen molar-refractivity contribution in [1.82, 2.24) is 4.98 Å². The van der Waals surface area contributed by atoms with Gasteiger partial charge in [0.05, 0.1) is 24.9 Å². The van der Waals surface area contributed by atoms with E-state index in [1.165, 1.54) is 6.92 Å². The van der Waals surface area contributed by atoms with Crippen LogP contribution in [0.5, 0.6) is 0 Å². The third-order valence-corrected chi connectivity index (χ3v) is 2.64. The van der Waals surface area contributed by atoms with E-state index in [9.17, 15) is 22.4 Å². The minimum Gasteiger partial charge on any atom is -0.466 e. The van der Waals surface area contributed by atoms with Crippen molar-refractivity contribution in [3.63, 3.8) is 0 Å². The van der Waals surface area contributed by atoms with Crippen molar-refractivity contribution in [1.29, 1.82) is 5.41 Å². The van der Waals surface area contributed by atoms with Crippen molar-refractivity contribution < 1.29 is 27.1 Å². The lowest BCUT2D eigenvalue weighted by Gasteiger charge is -2.12. The first kappa shape index (κ1) is 18.9. The van der Waals surface area contributed by atoms with Gasteiger partial charge in [0, 0.05) is 11.8 Å². The standard InChI is InChI=1S/C13H12ClF4N3O2/c1-2-23-11(22)5-7(4-10(19)13(16,17)18)21-8-3-9(15)12(14)20-6-8/h3-4,6,19,21H,2,5H2,1H3/b7-4-,19-10?. The lowest BCUT2D eigenvalue weighted by atomic mass is 10.2. The minimum absolute atomic E-state index is 0.0302. The molecule has 0 aliphatic heterocycles. The summed E-state index contributed by atoms with van der Waals surface area (Å²) in [5, 5.41) is 8.94. The predicted octanol–water partition coefficient (Wildman–Crippen LogP) is 3.71. The number of esters is 1. The molecule has 0 atom stereocenters. The summed E-state index contributed by atoms with van der Waals surface area (Å²) >= 11 is 5.40. The minimum atomic E-state index is -4.88. The van der Waals surface area contributed by atoms with Gasteiger partial charge in [0.15, 0.2) is 11.0 Å². The number of hydrogen-bond donors (Lipinski definition) is 2. The van der Waals surface area contributed by atoms with Gasteiger partial charge in [-0.2, -0.15) is 13.2 Å². The number of ether oxygens (including phenoxy) is 1. The number of carbonyl (C=O) groups is 1. The molecule has 5 nitrogen and oxygen atoms in total. The number of nitrogens with one attached hydrogen (secondary N) is 2. The number of rotatable bonds is 6. The molecule has 1 aromatic heterocycles. The van der Waals surface area contributed by atoms with Crippen molar-refractivity contribution in [2.45, 2.75) is 19.5 Å². The Morgan fingerprint density at radius 1 is 1.52 bits per heavy atom. The Kier molecular flexibility index (Phi) is 6.49. The molecule has 0 fully saturated rings. The van der Waals surface area contributed by atoms with Crippen LogP contribution < -0.4 is 5.32 Å². The van der Waals surface area contributed by atoms with Crippen molar-refractivity contribution in [2.24, 2.45) is 0 Å². The molecule has 0 unspecified atom stereocenters. The fourth-order valence-electron chi connectivity index (χ4n) is 1.43. The third-order valence-electron chi connectivity index (χ3n) is 2.37. The topological polar surface area (TPSA) is 75.1 Å². The third kappa shape index (κ3) is 6.23. The maximum Gasteiger partial charge on any atom is 0.432 e. The summed E-state index contributed by atoms with van der Waals surface area (Å²) in [5.41, 5.74) is -2.00. The van der Waals surface area contributed by atoms with Crippen LogP contribution in [0.15, 0.2) is 24.0 Å². The van der Waals surface area contributed by atoms with Crippen LogP contribution in [0, 0.1) is 11.2 Å². The second-order valence-corrected chi connectivity index (χ2v) is 4.54. The second kappa shape index (κ2) is 7.91. The van der Waals surface area contributed by atoms with Gasteiger partial charge in [0.2, 0.25) is 0 Å². The molecule has 126 valence electrons. The number of alkyl halides is 3. The van der Waals surface area contributed by atoms with Gasteiger partial charge in [-0.1, -0.05) is 11.6 Å². The van der Waals surface area contributed by atoms with Gasteiger partial charge in [-0.05, 0) is 13.0 Å². The van der Waals surface area contributed by atoms with E-state index in [0.29, 0.717) is 6.08 Å². The number of nitrogens with zero attached hydrogens (tertiary/aromatic N) is 1. The largest absolute Gasteiger partial charge is 0.466 e. The molecule has 1 heterocycles. The second-order valence-electron chi connectivity index (χ2n) is 4.18. The van der Waals surface area contributed by atoms with E-state index in [0.717, 1.165) is 12.3 Å². The molecule has 0 spiro atoms. The lowest BCUT2D eigenvalue weighted by Crippen LogP contribution is -2.21. The smallest absolute Gasteiger partial charge is 0.432 e. The molecule has 0 aliphatic rings. The SMILES string of the molecule is CCOC(=O)C/C(=C/C(=N)C(F)(F)F)Nc1cnc(Cl)c(F)c1. The molecule has 0 amide bonds. The summed E-state index contributed by atoms with van der Waals surface area (Å²) in [6.07, 6.45) is -3.95.